The molecule has 3 rings (SSSR count). The fraction of sp³-hybridized carbons (Fsp3) is 0.625. The van der Waals surface area contributed by atoms with Crippen LogP contribution in [0.1, 0.15) is 43.0 Å². The van der Waals surface area contributed by atoms with E-state index in [1.54, 1.807) is 11.0 Å². The number of piperidine rings is 1. The lowest BCUT2D eigenvalue weighted by Crippen LogP contribution is -2.39. The van der Waals surface area contributed by atoms with Crippen molar-refractivity contribution < 1.29 is 4.79 Å². The zero-order chi connectivity index (χ0) is 16.2. The molecule has 0 bridgehead atoms. The van der Waals surface area contributed by atoms with Crippen LogP contribution >= 0.6 is 0 Å². The molecule has 124 valence electrons. The number of nitrogens with zero attached hydrogens (tertiary/aromatic N) is 6. The smallest absolute Gasteiger partial charge is 0.274 e. The molecule has 1 fully saturated rings. The SMILES string of the molecule is CCn1ccc(C(=O)N2CCC(Cc3nncn3CC)CC2)n1. The summed E-state index contributed by atoms with van der Waals surface area (Å²) in [7, 11) is 0. The maximum atomic E-state index is 12.5. The fourth-order valence-corrected chi connectivity index (χ4v) is 3.11. The Bertz CT molecular complexity index is 653. The molecular weight excluding hydrogens is 292 g/mol. The predicted octanol–water partition coefficient (Wildman–Crippen LogP) is 1.61. The first-order valence-electron chi connectivity index (χ1n) is 8.40. The summed E-state index contributed by atoms with van der Waals surface area (Å²) in [5.74, 6) is 1.67. The number of carbonyl (C=O) groups is 1. The lowest BCUT2D eigenvalue weighted by molar-refractivity contribution is 0.0682. The Hall–Kier alpha value is -2.18. The highest BCUT2D eigenvalue weighted by Gasteiger charge is 2.25. The van der Waals surface area contributed by atoms with Crippen LogP contribution in [0.4, 0.5) is 0 Å². The molecule has 3 heterocycles. The first kappa shape index (κ1) is 15.7. The van der Waals surface area contributed by atoms with Crippen molar-refractivity contribution in [3.05, 3.63) is 30.1 Å². The summed E-state index contributed by atoms with van der Waals surface area (Å²) in [5, 5.41) is 12.5. The van der Waals surface area contributed by atoms with Crippen molar-refractivity contribution in [3.63, 3.8) is 0 Å². The van der Waals surface area contributed by atoms with E-state index >= 15 is 0 Å². The first-order chi connectivity index (χ1) is 11.2. The number of hydrogen-bond acceptors (Lipinski definition) is 4. The van der Waals surface area contributed by atoms with Gasteiger partial charge in [0, 0.05) is 38.8 Å². The molecule has 1 aliphatic rings. The van der Waals surface area contributed by atoms with E-state index in [1.165, 1.54) is 0 Å². The second-order valence-electron chi connectivity index (χ2n) is 6.03. The minimum absolute atomic E-state index is 0.0485. The van der Waals surface area contributed by atoms with E-state index in [1.807, 2.05) is 24.1 Å². The second-order valence-corrected chi connectivity index (χ2v) is 6.03. The molecule has 0 saturated carbocycles. The zero-order valence-electron chi connectivity index (χ0n) is 13.9. The van der Waals surface area contributed by atoms with E-state index < -0.39 is 0 Å². The van der Waals surface area contributed by atoms with Crippen LogP contribution in [0.5, 0.6) is 0 Å². The molecule has 23 heavy (non-hydrogen) atoms. The molecule has 1 saturated heterocycles. The Balaban J connectivity index is 1.54. The average Bonchev–Trinajstić information content (AvgIpc) is 3.23. The molecule has 2 aromatic heterocycles. The minimum Gasteiger partial charge on any atom is -0.337 e. The number of aromatic nitrogens is 5. The largest absolute Gasteiger partial charge is 0.337 e. The normalized spacial score (nSPS) is 16.0. The third-order valence-electron chi connectivity index (χ3n) is 4.59. The third-order valence-corrected chi connectivity index (χ3v) is 4.59. The lowest BCUT2D eigenvalue weighted by atomic mass is 9.93. The van der Waals surface area contributed by atoms with Gasteiger partial charge in [0.2, 0.25) is 0 Å². The number of likely N-dealkylation sites (tertiary alicyclic amines) is 1. The highest BCUT2D eigenvalue weighted by molar-refractivity contribution is 5.92. The quantitative estimate of drug-likeness (QED) is 0.840. The predicted molar refractivity (Wildman–Crippen MR) is 85.9 cm³/mol. The van der Waals surface area contributed by atoms with Gasteiger partial charge in [0.1, 0.15) is 17.8 Å². The number of amides is 1. The van der Waals surface area contributed by atoms with Gasteiger partial charge in [-0.05, 0) is 38.7 Å². The number of carbonyl (C=O) groups excluding carboxylic acids is 1. The number of aryl methyl sites for hydroxylation is 2. The topological polar surface area (TPSA) is 68.8 Å². The molecule has 0 aromatic carbocycles. The number of rotatable bonds is 5. The van der Waals surface area contributed by atoms with Crippen molar-refractivity contribution in [1.29, 1.82) is 0 Å². The number of hydrogen-bond donors (Lipinski definition) is 0. The molecule has 0 spiro atoms. The molecule has 0 N–H and O–H groups in total. The van der Waals surface area contributed by atoms with Crippen molar-refractivity contribution in [1.82, 2.24) is 29.4 Å². The molecule has 7 nitrogen and oxygen atoms in total. The van der Waals surface area contributed by atoms with E-state index in [9.17, 15) is 4.79 Å². The average molecular weight is 316 g/mol. The van der Waals surface area contributed by atoms with Crippen LogP contribution in [0, 0.1) is 5.92 Å². The molecule has 0 aliphatic carbocycles. The highest BCUT2D eigenvalue weighted by atomic mass is 16.2. The van der Waals surface area contributed by atoms with Gasteiger partial charge in [0.25, 0.3) is 5.91 Å². The minimum atomic E-state index is 0.0485. The van der Waals surface area contributed by atoms with Gasteiger partial charge in [-0.1, -0.05) is 0 Å². The van der Waals surface area contributed by atoms with Crippen molar-refractivity contribution in [3.8, 4) is 0 Å². The molecule has 0 atom stereocenters. The molecular formula is C16H24N6O. The van der Waals surface area contributed by atoms with Gasteiger partial charge in [-0.2, -0.15) is 5.10 Å². The summed E-state index contributed by atoms with van der Waals surface area (Å²) in [4.78, 5) is 14.4. The van der Waals surface area contributed by atoms with Crippen molar-refractivity contribution in [2.24, 2.45) is 5.92 Å². The van der Waals surface area contributed by atoms with Gasteiger partial charge in [-0.15, -0.1) is 10.2 Å². The summed E-state index contributed by atoms with van der Waals surface area (Å²) in [6.45, 7) is 7.39. The van der Waals surface area contributed by atoms with Crippen molar-refractivity contribution in [2.45, 2.75) is 46.2 Å². The van der Waals surface area contributed by atoms with Crippen LogP contribution < -0.4 is 0 Å². The standard InChI is InChI=1S/C16H24N6O/c1-3-20-12-17-18-15(20)11-13-5-8-21(9-6-13)16(23)14-7-10-22(4-2)19-14/h7,10,12-13H,3-6,8-9,11H2,1-2H3. The van der Waals surface area contributed by atoms with E-state index in [4.69, 9.17) is 0 Å². The Kier molecular flexibility index (Phi) is 4.73. The van der Waals surface area contributed by atoms with Crippen LogP contribution in [-0.4, -0.2) is 48.4 Å². The van der Waals surface area contributed by atoms with Crippen LogP contribution in [0.25, 0.3) is 0 Å². The Morgan fingerprint density at radius 2 is 2.04 bits per heavy atom. The van der Waals surface area contributed by atoms with Crippen LogP contribution in [0.15, 0.2) is 18.6 Å². The second kappa shape index (κ2) is 6.93. The summed E-state index contributed by atoms with van der Waals surface area (Å²) in [6.07, 6.45) is 6.61. The summed E-state index contributed by atoms with van der Waals surface area (Å²) >= 11 is 0. The third kappa shape index (κ3) is 3.43. The Morgan fingerprint density at radius 1 is 1.26 bits per heavy atom. The van der Waals surface area contributed by atoms with Crippen LogP contribution in [0.2, 0.25) is 0 Å². The summed E-state index contributed by atoms with van der Waals surface area (Å²) in [5.41, 5.74) is 0.552. The van der Waals surface area contributed by atoms with E-state index in [2.05, 4.69) is 26.8 Å². The van der Waals surface area contributed by atoms with Crippen molar-refractivity contribution >= 4 is 5.91 Å². The van der Waals surface area contributed by atoms with E-state index in [0.29, 0.717) is 11.6 Å². The fourth-order valence-electron chi connectivity index (χ4n) is 3.11. The molecule has 0 radical (unpaired) electrons. The van der Waals surface area contributed by atoms with E-state index in [0.717, 1.165) is 51.3 Å². The first-order valence-corrected chi connectivity index (χ1v) is 8.40. The summed E-state index contributed by atoms with van der Waals surface area (Å²) < 4.78 is 3.88. The maximum Gasteiger partial charge on any atom is 0.274 e. The lowest BCUT2D eigenvalue weighted by Gasteiger charge is -2.31. The van der Waals surface area contributed by atoms with Gasteiger partial charge >= 0.3 is 0 Å². The van der Waals surface area contributed by atoms with Gasteiger partial charge in [0.05, 0.1) is 0 Å². The zero-order valence-corrected chi connectivity index (χ0v) is 13.9. The molecule has 0 unspecified atom stereocenters. The summed E-state index contributed by atoms with van der Waals surface area (Å²) in [6, 6.07) is 1.81. The Labute approximate surface area is 136 Å². The van der Waals surface area contributed by atoms with Crippen molar-refractivity contribution in [2.75, 3.05) is 13.1 Å². The monoisotopic (exact) mass is 316 g/mol. The van der Waals surface area contributed by atoms with Crippen LogP contribution in [0.3, 0.4) is 0 Å². The molecule has 1 amide bonds. The highest BCUT2D eigenvalue weighted by Crippen LogP contribution is 2.22. The van der Waals surface area contributed by atoms with Gasteiger partial charge in [0.15, 0.2) is 0 Å². The maximum absolute atomic E-state index is 12.5. The molecule has 2 aromatic rings. The molecule has 7 heteroatoms. The van der Waals surface area contributed by atoms with E-state index in [-0.39, 0.29) is 5.91 Å². The molecule has 1 aliphatic heterocycles. The van der Waals surface area contributed by atoms with Gasteiger partial charge < -0.3 is 9.47 Å². The van der Waals surface area contributed by atoms with Crippen LogP contribution in [-0.2, 0) is 19.5 Å². The van der Waals surface area contributed by atoms with Gasteiger partial charge in [-0.25, -0.2) is 0 Å². The van der Waals surface area contributed by atoms with Gasteiger partial charge in [-0.3, -0.25) is 9.48 Å². The Morgan fingerprint density at radius 3 is 2.70 bits per heavy atom.